The highest BCUT2D eigenvalue weighted by atomic mass is 32.1. The van der Waals surface area contributed by atoms with Gasteiger partial charge in [0.1, 0.15) is 6.04 Å². The summed E-state index contributed by atoms with van der Waals surface area (Å²) in [5.41, 5.74) is 2.93. The van der Waals surface area contributed by atoms with Crippen molar-refractivity contribution in [2.24, 2.45) is 0 Å². The van der Waals surface area contributed by atoms with Gasteiger partial charge < -0.3 is 15.2 Å². The van der Waals surface area contributed by atoms with E-state index in [1.807, 2.05) is 59.6 Å². The number of hydrogen-bond donors (Lipinski definition) is 2. The second kappa shape index (κ2) is 11.1. The number of thiophene rings is 1. The van der Waals surface area contributed by atoms with Crippen LogP contribution in [0.25, 0.3) is 10.9 Å². The quantitative estimate of drug-likeness (QED) is 0.310. The van der Waals surface area contributed by atoms with E-state index < -0.39 is 6.04 Å². The van der Waals surface area contributed by atoms with Crippen LogP contribution in [0, 0.1) is 0 Å². The van der Waals surface area contributed by atoms with Crippen LogP contribution in [0.5, 0.6) is 0 Å². The molecule has 3 heterocycles. The average molecular weight is 529 g/mol. The maximum Gasteiger partial charge on any atom is 0.249 e. The van der Waals surface area contributed by atoms with E-state index in [0.717, 1.165) is 34.9 Å². The zero-order chi connectivity index (χ0) is 26.7. The summed E-state index contributed by atoms with van der Waals surface area (Å²) in [6.45, 7) is 3.37. The number of benzene rings is 2. The van der Waals surface area contributed by atoms with Gasteiger partial charge in [-0.25, -0.2) is 0 Å². The zero-order valence-corrected chi connectivity index (χ0v) is 23.1. The SMILES string of the molecule is CC(CC(=O)NC(C(=O)N1CCC(c2cccs2)(N(C)C)CC1)c1ccccc1)c1c[nH]c2ccccc12. The molecule has 2 atom stereocenters. The predicted molar refractivity (Wildman–Crippen MR) is 154 cm³/mol. The number of fused-ring (bicyclic) bond motifs is 1. The molecule has 2 aromatic heterocycles. The Morgan fingerprint density at radius 2 is 1.74 bits per heavy atom. The van der Waals surface area contributed by atoms with Crippen LogP contribution in [0.4, 0.5) is 0 Å². The van der Waals surface area contributed by atoms with Crippen LogP contribution in [-0.2, 0) is 15.1 Å². The number of hydrogen-bond acceptors (Lipinski definition) is 4. The molecule has 0 aliphatic carbocycles. The van der Waals surface area contributed by atoms with Gasteiger partial charge in [-0.3, -0.25) is 14.5 Å². The van der Waals surface area contributed by atoms with Gasteiger partial charge >= 0.3 is 0 Å². The molecule has 0 spiro atoms. The molecule has 2 amide bonds. The minimum atomic E-state index is -0.701. The first kappa shape index (κ1) is 26.2. The summed E-state index contributed by atoms with van der Waals surface area (Å²) >= 11 is 1.78. The van der Waals surface area contributed by atoms with Gasteiger partial charge in [0.15, 0.2) is 0 Å². The van der Waals surface area contributed by atoms with Gasteiger partial charge in [0, 0.05) is 41.5 Å². The Hall–Kier alpha value is -3.42. The fraction of sp³-hybridized carbons (Fsp3) is 0.355. The molecule has 6 nitrogen and oxygen atoms in total. The van der Waals surface area contributed by atoms with Crippen LogP contribution in [0.3, 0.4) is 0 Å². The first-order valence-corrected chi connectivity index (χ1v) is 14.2. The van der Waals surface area contributed by atoms with Gasteiger partial charge in [-0.1, -0.05) is 61.5 Å². The molecule has 1 aliphatic rings. The number of piperidine rings is 1. The van der Waals surface area contributed by atoms with Crippen molar-refractivity contribution in [2.45, 2.75) is 43.7 Å². The molecule has 0 bridgehead atoms. The van der Waals surface area contributed by atoms with Gasteiger partial charge in [-0.2, -0.15) is 0 Å². The summed E-state index contributed by atoms with van der Waals surface area (Å²) in [6, 6.07) is 21.3. The lowest BCUT2D eigenvalue weighted by atomic mass is 9.84. The molecule has 4 aromatic rings. The Morgan fingerprint density at radius 1 is 1.03 bits per heavy atom. The third-order valence-electron chi connectivity index (χ3n) is 8.07. The Kier molecular flexibility index (Phi) is 7.68. The molecule has 7 heteroatoms. The van der Waals surface area contributed by atoms with Crippen molar-refractivity contribution in [1.82, 2.24) is 20.1 Å². The zero-order valence-electron chi connectivity index (χ0n) is 22.3. The molecular formula is C31H36N4O2S. The third-order valence-corrected chi connectivity index (χ3v) is 9.13. The Bertz CT molecular complexity index is 1370. The van der Waals surface area contributed by atoms with Crippen molar-refractivity contribution < 1.29 is 9.59 Å². The number of rotatable bonds is 8. The Balaban J connectivity index is 1.30. The maximum atomic E-state index is 13.9. The van der Waals surface area contributed by atoms with Crippen LogP contribution >= 0.6 is 11.3 Å². The second-order valence-electron chi connectivity index (χ2n) is 10.5. The number of carbonyl (C=O) groups excluding carboxylic acids is 2. The average Bonchev–Trinajstić information content (AvgIpc) is 3.63. The molecule has 2 N–H and O–H groups in total. The van der Waals surface area contributed by atoms with Gasteiger partial charge in [0.05, 0.1) is 5.54 Å². The summed E-state index contributed by atoms with van der Waals surface area (Å²) in [7, 11) is 4.25. The fourth-order valence-electron chi connectivity index (χ4n) is 5.78. The van der Waals surface area contributed by atoms with Crippen LogP contribution in [0.2, 0.25) is 0 Å². The number of carbonyl (C=O) groups is 2. The lowest BCUT2D eigenvalue weighted by Gasteiger charge is -2.46. The first-order chi connectivity index (χ1) is 18.4. The minimum absolute atomic E-state index is 0.0131. The normalized spacial score (nSPS) is 16.9. The Morgan fingerprint density at radius 3 is 2.42 bits per heavy atom. The molecule has 5 rings (SSSR count). The van der Waals surface area contributed by atoms with E-state index in [2.05, 4.69) is 59.8 Å². The van der Waals surface area contributed by atoms with Crippen molar-refractivity contribution in [2.75, 3.05) is 27.2 Å². The van der Waals surface area contributed by atoms with Crippen LogP contribution in [0.15, 0.2) is 78.3 Å². The molecule has 2 aromatic carbocycles. The van der Waals surface area contributed by atoms with Crippen molar-refractivity contribution in [1.29, 1.82) is 0 Å². The summed E-state index contributed by atoms with van der Waals surface area (Å²) in [5.74, 6) is -0.148. The van der Waals surface area contributed by atoms with E-state index in [1.54, 1.807) is 11.3 Å². The van der Waals surface area contributed by atoms with E-state index in [4.69, 9.17) is 0 Å². The highest BCUT2D eigenvalue weighted by Gasteiger charge is 2.41. The van der Waals surface area contributed by atoms with Gasteiger partial charge in [-0.05, 0) is 61.5 Å². The van der Waals surface area contributed by atoms with Gasteiger partial charge in [0.25, 0.3) is 0 Å². The molecule has 198 valence electrons. The van der Waals surface area contributed by atoms with Gasteiger partial charge in [0.2, 0.25) is 11.8 Å². The highest BCUT2D eigenvalue weighted by Crippen LogP contribution is 2.40. The van der Waals surface area contributed by atoms with Crippen molar-refractivity contribution in [3.05, 3.63) is 94.3 Å². The standard InChI is InChI=1S/C31H36N4O2S/c1-22(25-21-32-26-13-8-7-12-24(25)26)20-28(36)33-29(23-10-5-4-6-11-23)30(37)35-17-15-31(16-18-35,34(2)3)27-14-9-19-38-27/h4-14,19,21-22,29,32H,15-18,20H2,1-3H3,(H,33,36). The van der Waals surface area contributed by atoms with Crippen molar-refractivity contribution in [3.8, 4) is 0 Å². The largest absolute Gasteiger partial charge is 0.361 e. The number of H-pyrrole nitrogens is 1. The topological polar surface area (TPSA) is 68.4 Å². The maximum absolute atomic E-state index is 13.9. The minimum Gasteiger partial charge on any atom is -0.361 e. The van der Waals surface area contributed by atoms with Gasteiger partial charge in [-0.15, -0.1) is 11.3 Å². The van der Waals surface area contributed by atoms with E-state index >= 15 is 0 Å². The monoisotopic (exact) mass is 528 g/mol. The summed E-state index contributed by atoms with van der Waals surface area (Å²) in [5, 5.41) is 6.35. The lowest BCUT2D eigenvalue weighted by molar-refractivity contribution is -0.139. The summed E-state index contributed by atoms with van der Waals surface area (Å²) in [4.78, 5) is 36.1. The van der Waals surface area contributed by atoms with Crippen molar-refractivity contribution in [3.63, 3.8) is 0 Å². The number of likely N-dealkylation sites (tertiary alicyclic amines) is 1. The summed E-state index contributed by atoms with van der Waals surface area (Å²) < 4.78 is 0. The molecule has 1 saturated heterocycles. The number of aromatic amines is 1. The first-order valence-electron chi connectivity index (χ1n) is 13.3. The van der Waals surface area contributed by atoms with Crippen LogP contribution in [0.1, 0.15) is 54.1 Å². The van der Waals surface area contributed by atoms with E-state index in [9.17, 15) is 9.59 Å². The molecule has 0 radical (unpaired) electrons. The lowest BCUT2D eigenvalue weighted by Crippen LogP contribution is -2.53. The van der Waals surface area contributed by atoms with Crippen molar-refractivity contribution >= 4 is 34.1 Å². The number of nitrogens with zero attached hydrogens (tertiary/aromatic N) is 2. The highest BCUT2D eigenvalue weighted by molar-refractivity contribution is 7.10. The second-order valence-corrected chi connectivity index (χ2v) is 11.5. The van der Waals surface area contributed by atoms with E-state index in [0.29, 0.717) is 19.5 Å². The predicted octanol–water partition coefficient (Wildman–Crippen LogP) is 5.66. The molecule has 38 heavy (non-hydrogen) atoms. The van der Waals surface area contributed by atoms with E-state index in [-0.39, 0.29) is 23.3 Å². The van der Waals surface area contributed by atoms with Crippen LogP contribution < -0.4 is 5.32 Å². The molecule has 1 aliphatic heterocycles. The number of para-hydroxylation sites is 1. The van der Waals surface area contributed by atoms with E-state index in [1.165, 1.54) is 4.88 Å². The smallest absolute Gasteiger partial charge is 0.249 e. The number of nitrogens with one attached hydrogen (secondary N) is 2. The fourth-order valence-corrected chi connectivity index (χ4v) is 6.85. The number of amides is 2. The Labute approximate surface area is 228 Å². The molecule has 0 saturated carbocycles. The molecule has 2 unspecified atom stereocenters. The summed E-state index contributed by atoms with van der Waals surface area (Å²) in [6.07, 6.45) is 4.01. The van der Waals surface area contributed by atoms with Crippen LogP contribution in [-0.4, -0.2) is 53.8 Å². The number of aromatic nitrogens is 1. The third kappa shape index (κ3) is 5.13. The molecule has 1 fully saturated rings. The molecular weight excluding hydrogens is 492 g/mol.